The maximum Gasteiger partial charge on any atom is 0.435 e. The summed E-state index contributed by atoms with van der Waals surface area (Å²) < 4.78 is 39.6. The van der Waals surface area contributed by atoms with Crippen LogP contribution in [0.1, 0.15) is 46.4 Å². The van der Waals surface area contributed by atoms with Crippen molar-refractivity contribution in [1.82, 2.24) is 24.6 Å². The molecule has 0 bridgehead atoms. The molecule has 4 rings (SSSR count). The molecule has 0 saturated carbocycles. The molecule has 0 aliphatic carbocycles. The maximum absolute atomic E-state index is 12.8. The molecule has 0 N–H and O–H groups in total. The molecule has 10 heteroatoms. The van der Waals surface area contributed by atoms with Crippen LogP contribution >= 0.6 is 11.3 Å². The summed E-state index contributed by atoms with van der Waals surface area (Å²) >= 11 is 1.56. The van der Waals surface area contributed by atoms with Crippen molar-refractivity contribution in [3.8, 4) is 11.8 Å². The smallest absolute Gasteiger partial charge is 0.341 e. The van der Waals surface area contributed by atoms with Gasteiger partial charge < -0.3 is 4.90 Å². The monoisotopic (exact) mass is 459 g/mol. The molecule has 3 aromatic rings. The lowest BCUT2D eigenvalue weighted by molar-refractivity contribution is -0.142. The lowest BCUT2D eigenvalue weighted by Gasteiger charge is -2.31. The predicted octanol–water partition coefficient (Wildman–Crippen LogP) is 3.87. The Labute approximate surface area is 187 Å². The second-order valence-electron chi connectivity index (χ2n) is 7.54. The predicted molar refractivity (Wildman–Crippen MR) is 113 cm³/mol. The number of carbonyl (C=O) groups excluding carboxylic acids is 1. The van der Waals surface area contributed by atoms with Gasteiger partial charge in [-0.15, -0.1) is 11.3 Å². The van der Waals surface area contributed by atoms with Crippen molar-refractivity contribution in [2.24, 2.45) is 0 Å². The molecule has 0 atom stereocenters. The van der Waals surface area contributed by atoms with Gasteiger partial charge in [0.05, 0.1) is 5.01 Å². The first-order valence-corrected chi connectivity index (χ1v) is 10.9. The largest absolute Gasteiger partial charge is 0.435 e. The Kier molecular flexibility index (Phi) is 6.28. The van der Waals surface area contributed by atoms with Gasteiger partial charge in [-0.05, 0) is 43.9 Å². The van der Waals surface area contributed by atoms with Gasteiger partial charge >= 0.3 is 6.18 Å². The molecule has 0 radical (unpaired) electrons. The highest BCUT2D eigenvalue weighted by Gasteiger charge is 2.35. The van der Waals surface area contributed by atoms with Gasteiger partial charge in [0.25, 0.3) is 0 Å². The number of aromatic nitrogens is 4. The van der Waals surface area contributed by atoms with Crippen LogP contribution in [0.25, 0.3) is 0 Å². The third-order valence-corrected chi connectivity index (χ3v) is 6.28. The minimum absolute atomic E-state index is 0.197. The number of aryl methyl sites for hydroxylation is 1. The first kappa shape index (κ1) is 22.0. The third-order valence-electron chi connectivity index (χ3n) is 5.27. The highest BCUT2D eigenvalue weighted by molar-refractivity contribution is 7.09. The molecule has 1 aliphatic rings. The molecule has 0 aromatic carbocycles. The second kappa shape index (κ2) is 9.12. The molecule has 6 nitrogen and oxygen atoms in total. The number of carbonyl (C=O) groups is 1. The molecular formula is C22H20F3N5OS. The summed E-state index contributed by atoms with van der Waals surface area (Å²) in [5.41, 5.74) is 0.863. The van der Waals surface area contributed by atoms with Crippen LogP contribution in [0.2, 0.25) is 0 Å². The van der Waals surface area contributed by atoms with E-state index in [-0.39, 0.29) is 18.4 Å². The number of pyridine rings is 1. The fourth-order valence-electron chi connectivity index (χ4n) is 3.52. The number of piperidine rings is 1. The summed E-state index contributed by atoms with van der Waals surface area (Å²) in [7, 11) is 0. The SMILES string of the molecule is Cc1cc(C(F)(F)F)nn1CC(=O)N1CCC(c2nc(C#Cc3cccnc3)cs2)CC1. The Balaban J connectivity index is 1.33. The highest BCUT2D eigenvalue weighted by Crippen LogP contribution is 2.31. The van der Waals surface area contributed by atoms with Crippen molar-refractivity contribution in [2.75, 3.05) is 13.1 Å². The molecular weight excluding hydrogens is 439 g/mol. The zero-order valence-corrected chi connectivity index (χ0v) is 18.1. The topological polar surface area (TPSA) is 63.9 Å². The van der Waals surface area contributed by atoms with E-state index in [2.05, 4.69) is 26.9 Å². The number of alkyl halides is 3. The molecule has 1 saturated heterocycles. The van der Waals surface area contributed by atoms with Gasteiger partial charge in [-0.25, -0.2) is 4.98 Å². The summed E-state index contributed by atoms with van der Waals surface area (Å²) in [6.07, 6.45) is 0.370. The summed E-state index contributed by atoms with van der Waals surface area (Å²) in [5, 5.41) is 6.46. The Morgan fingerprint density at radius 3 is 2.72 bits per heavy atom. The van der Waals surface area contributed by atoms with Crippen molar-refractivity contribution < 1.29 is 18.0 Å². The number of thiazole rings is 1. The lowest BCUT2D eigenvalue weighted by Crippen LogP contribution is -2.40. The van der Waals surface area contributed by atoms with Gasteiger partial charge in [0, 0.05) is 48.0 Å². The fraction of sp³-hybridized carbons (Fsp3) is 0.364. The Morgan fingerprint density at radius 1 is 1.28 bits per heavy atom. The summed E-state index contributed by atoms with van der Waals surface area (Å²) in [4.78, 5) is 22.9. The Bertz CT molecular complexity index is 1150. The first-order chi connectivity index (χ1) is 15.3. The summed E-state index contributed by atoms with van der Waals surface area (Å²) in [6.45, 7) is 2.38. The number of likely N-dealkylation sites (tertiary alicyclic amines) is 1. The number of hydrogen-bond donors (Lipinski definition) is 0. The summed E-state index contributed by atoms with van der Waals surface area (Å²) in [5.74, 6) is 6.09. The summed E-state index contributed by atoms with van der Waals surface area (Å²) in [6, 6.07) is 4.67. The van der Waals surface area contributed by atoms with Crippen molar-refractivity contribution in [3.05, 3.63) is 63.6 Å². The molecule has 0 unspecified atom stereocenters. The van der Waals surface area contributed by atoms with Crippen molar-refractivity contribution in [2.45, 2.75) is 38.4 Å². The number of rotatable bonds is 3. The zero-order chi connectivity index (χ0) is 22.7. The van der Waals surface area contributed by atoms with E-state index < -0.39 is 11.9 Å². The van der Waals surface area contributed by atoms with Crippen LogP contribution in [0.4, 0.5) is 13.2 Å². The number of nitrogens with zero attached hydrogens (tertiary/aromatic N) is 5. The van der Waals surface area contributed by atoms with E-state index in [1.54, 1.807) is 28.6 Å². The lowest BCUT2D eigenvalue weighted by atomic mass is 9.97. The average Bonchev–Trinajstić information content (AvgIpc) is 3.40. The molecule has 0 spiro atoms. The van der Waals surface area contributed by atoms with E-state index in [1.165, 1.54) is 6.92 Å². The minimum atomic E-state index is -4.52. The van der Waals surface area contributed by atoms with Gasteiger partial charge in [-0.3, -0.25) is 14.5 Å². The van der Waals surface area contributed by atoms with Crippen molar-refractivity contribution >= 4 is 17.2 Å². The van der Waals surface area contributed by atoms with E-state index in [1.807, 2.05) is 17.5 Å². The van der Waals surface area contributed by atoms with Crippen molar-refractivity contribution in [3.63, 3.8) is 0 Å². The normalized spacial score (nSPS) is 14.8. The van der Waals surface area contributed by atoms with Crippen LogP contribution in [-0.4, -0.2) is 43.6 Å². The Morgan fingerprint density at radius 2 is 2.06 bits per heavy atom. The molecule has 32 heavy (non-hydrogen) atoms. The van der Waals surface area contributed by atoms with Gasteiger partial charge in [0.1, 0.15) is 12.2 Å². The molecule has 1 amide bonds. The van der Waals surface area contributed by atoms with Gasteiger partial charge in [-0.2, -0.15) is 18.3 Å². The van der Waals surface area contributed by atoms with Crippen LogP contribution in [0, 0.1) is 18.8 Å². The van der Waals surface area contributed by atoms with Gasteiger partial charge in [0.2, 0.25) is 5.91 Å². The van der Waals surface area contributed by atoms with Gasteiger partial charge in [-0.1, -0.05) is 5.92 Å². The zero-order valence-electron chi connectivity index (χ0n) is 17.3. The average molecular weight is 459 g/mol. The van der Waals surface area contributed by atoms with Crippen molar-refractivity contribution in [1.29, 1.82) is 0 Å². The second-order valence-corrected chi connectivity index (χ2v) is 8.43. The molecule has 3 aromatic heterocycles. The molecule has 4 heterocycles. The number of halogens is 3. The fourth-order valence-corrected chi connectivity index (χ4v) is 4.44. The molecule has 1 aliphatic heterocycles. The minimum Gasteiger partial charge on any atom is -0.341 e. The third kappa shape index (κ3) is 5.16. The van der Waals surface area contributed by atoms with E-state index in [9.17, 15) is 18.0 Å². The van der Waals surface area contributed by atoms with Crippen LogP contribution in [0.5, 0.6) is 0 Å². The number of amides is 1. The standard InChI is InChI=1S/C22H20F3N5OS/c1-15-11-19(22(23,24)25)28-30(15)13-20(31)29-9-6-17(7-10-29)21-27-18(14-32-21)5-4-16-3-2-8-26-12-16/h2-3,8,11-12,14,17H,6-7,9-10,13H2,1H3. The quantitative estimate of drug-likeness (QED) is 0.558. The van der Waals surface area contributed by atoms with Crippen LogP contribution in [-0.2, 0) is 17.5 Å². The van der Waals surface area contributed by atoms with Crippen LogP contribution < -0.4 is 0 Å². The first-order valence-electron chi connectivity index (χ1n) is 10.1. The number of hydrogen-bond acceptors (Lipinski definition) is 5. The molecule has 166 valence electrons. The van der Waals surface area contributed by atoms with E-state index in [0.717, 1.165) is 34.2 Å². The van der Waals surface area contributed by atoms with E-state index in [4.69, 9.17) is 0 Å². The van der Waals surface area contributed by atoms with Crippen LogP contribution in [0.3, 0.4) is 0 Å². The highest BCUT2D eigenvalue weighted by atomic mass is 32.1. The Hall–Kier alpha value is -3.19. The van der Waals surface area contributed by atoms with Crippen LogP contribution in [0.15, 0.2) is 36.0 Å². The maximum atomic E-state index is 12.8. The van der Waals surface area contributed by atoms with E-state index >= 15 is 0 Å². The molecule has 1 fully saturated rings. The van der Waals surface area contributed by atoms with E-state index in [0.29, 0.717) is 24.5 Å². The van der Waals surface area contributed by atoms with Gasteiger partial charge in [0.15, 0.2) is 5.69 Å².